The first-order valence-corrected chi connectivity index (χ1v) is 8.36. The summed E-state index contributed by atoms with van der Waals surface area (Å²) >= 11 is 0. The number of nitrogens with zero attached hydrogens (tertiary/aromatic N) is 1. The van der Waals surface area contributed by atoms with Crippen LogP contribution in [0.4, 0.5) is 10.1 Å². The Balaban J connectivity index is 1.58. The minimum atomic E-state index is -0.602. The summed E-state index contributed by atoms with van der Waals surface area (Å²) in [5.74, 6) is -1.35. The van der Waals surface area contributed by atoms with Crippen molar-refractivity contribution < 1.29 is 23.5 Å². The van der Waals surface area contributed by atoms with E-state index in [4.69, 9.17) is 4.74 Å². The highest BCUT2D eigenvalue weighted by Crippen LogP contribution is 2.22. The van der Waals surface area contributed by atoms with Crippen molar-refractivity contribution in [3.63, 3.8) is 0 Å². The average Bonchev–Trinajstić information content (AvgIpc) is 3.06. The van der Waals surface area contributed by atoms with Gasteiger partial charge < -0.3 is 9.64 Å². The molecule has 2 aromatic rings. The van der Waals surface area contributed by atoms with Gasteiger partial charge in [0.15, 0.2) is 12.4 Å². The topological polar surface area (TPSA) is 63.7 Å². The first-order valence-electron chi connectivity index (χ1n) is 8.36. The number of carbonyl (C=O) groups is 3. The summed E-state index contributed by atoms with van der Waals surface area (Å²) in [5.41, 5.74) is 1.53. The molecule has 0 N–H and O–H groups in total. The molecular weight excluding hydrogens is 337 g/mol. The lowest BCUT2D eigenvalue weighted by molar-refractivity contribution is -0.141. The van der Waals surface area contributed by atoms with Crippen molar-refractivity contribution in [2.75, 3.05) is 18.1 Å². The number of Topliss-reactive ketones (excluding diaryl/α,β-unsaturated/α-hetero) is 1. The van der Waals surface area contributed by atoms with E-state index in [0.717, 1.165) is 6.42 Å². The first-order chi connectivity index (χ1) is 12.5. The highest BCUT2D eigenvalue weighted by atomic mass is 19.1. The van der Waals surface area contributed by atoms with Crippen LogP contribution in [0, 0.1) is 5.82 Å². The SMILES string of the molecule is O=C(Cc1cccc(F)c1)OCC(=O)c1cccc(N2CCCC2=O)c1. The zero-order valence-corrected chi connectivity index (χ0v) is 14.1. The molecule has 0 radical (unpaired) electrons. The van der Waals surface area contributed by atoms with E-state index in [0.29, 0.717) is 29.8 Å². The van der Waals surface area contributed by atoms with Crippen LogP contribution in [0.1, 0.15) is 28.8 Å². The normalized spacial score (nSPS) is 13.7. The molecule has 0 aliphatic carbocycles. The van der Waals surface area contributed by atoms with Gasteiger partial charge in [0.05, 0.1) is 6.42 Å². The lowest BCUT2D eigenvalue weighted by atomic mass is 10.1. The van der Waals surface area contributed by atoms with E-state index < -0.39 is 18.4 Å². The number of ether oxygens (including phenoxy) is 1. The van der Waals surface area contributed by atoms with Crippen LogP contribution in [0.5, 0.6) is 0 Å². The fraction of sp³-hybridized carbons (Fsp3) is 0.250. The molecule has 1 aliphatic heterocycles. The number of amides is 1. The van der Waals surface area contributed by atoms with Crippen LogP contribution in [0.2, 0.25) is 0 Å². The number of halogens is 1. The molecule has 0 bridgehead atoms. The lowest BCUT2D eigenvalue weighted by Gasteiger charge is -2.16. The molecule has 3 rings (SSSR count). The predicted molar refractivity (Wildman–Crippen MR) is 93.4 cm³/mol. The van der Waals surface area contributed by atoms with Crippen LogP contribution < -0.4 is 4.90 Å². The Kier molecular flexibility index (Phi) is 5.41. The second-order valence-electron chi connectivity index (χ2n) is 6.09. The maximum Gasteiger partial charge on any atom is 0.310 e. The second-order valence-corrected chi connectivity index (χ2v) is 6.09. The Morgan fingerprint density at radius 2 is 1.92 bits per heavy atom. The van der Waals surface area contributed by atoms with Gasteiger partial charge in [-0.3, -0.25) is 14.4 Å². The van der Waals surface area contributed by atoms with Crippen LogP contribution in [-0.4, -0.2) is 30.8 Å². The number of hydrogen-bond acceptors (Lipinski definition) is 4. The van der Waals surface area contributed by atoms with Gasteiger partial charge in [-0.1, -0.05) is 24.3 Å². The van der Waals surface area contributed by atoms with E-state index in [-0.39, 0.29) is 18.1 Å². The third-order valence-electron chi connectivity index (χ3n) is 4.15. The monoisotopic (exact) mass is 355 g/mol. The minimum Gasteiger partial charge on any atom is -0.457 e. The van der Waals surface area contributed by atoms with E-state index in [9.17, 15) is 18.8 Å². The number of benzene rings is 2. The molecule has 2 aromatic carbocycles. The fourth-order valence-corrected chi connectivity index (χ4v) is 2.86. The third kappa shape index (κ3) is 4.33. The van der Waals surface area contributed by atoms with Gasteiger partial charge in [-0.15, -0.1) is 0 Å². The molecule has 0 saturated carbocycles. The zero-order valence-electron chi connectivity index (χ0n) is 14.1. The fourth-order valence-electron chi connectivity index (χ4n) is 2.86. The number of carbonyl (C=O) groups excluding carboxylic acids is 3. The summed E-state index contributed by atoms with van der Waals surface area (Å²) in [6.45, 7) is 0.241. The molecule has 0 atom stereocenters. The Hall–Kier alpha value is -3.02. The van der Waals surface area contributed by atoms with Crippen LogP contribution in [-0.2, 0) is 20.7 Å². The van der Waals surface area contributed by atoms with Gasteiger partial charge >= 0.3 is 5.97 Å². The van der Waals surface area contributed by atoms with Crippen molar-refractivity contribution in [2.24, 2.45) is 0 Å². The van der Waals surface area contributed by atoms with Crippen molar-refractivity contribution in [1.82, 2.24) is 0 Å². The van der Waals surface area contributed by atoms with Crippen LogP contribution in [0.3, 0.4) is 0 Å². The Morgan fingerprint density at radius 3 is 2.65 bits per heavy atom. The highest BCUT2D eigenvalue weighted by Gasteiger charge is 2.22. The molecule has 26 heavy (non-hydrogen) atoms. The highest BCUT2D eigenvalue weighted by molar-refractivity contribution is 6.01. The van der Waals surface area contributed by atoms with Gasteiger partial charge in [-0.05, 0) is 36.2 Å². The molecule has 1 heterocycles. The van der Waals surface area contributed by atoms with Gasteiger partial charge in [0.1, 0.15) is 5.82 Å². The molecule has 1 fully saturated rings. The van der Waals surface area contributed by atoms with Crippen LogP contribution in [0.25, 0.3) is 0 Å². The number of hydrogen-bond donors (Lipinski definition) is 0. The summed E-state index contributed by atoms with van der Waals surface area (Å²) in [7, 11) is 0. The van der Waals surface area contributed by atoms with E-state index in [1.165, 1.54) is 18.2 Å². The smallest absolute Gasteiger partial charge is 0.310 e. The zero-order chi connectivity index (χ0) is 18.5. The summed E-state index contributed by atoms with van der Waals surface area (Å²) in [5, 5.41) is 0. The average molecular weight is 355 g/mol. The quantitative estimate of drug-likeness (QED) is 0.590. The third-order valence-corrected chi connectivity index (χ3v) is 4.15. The maximum absolute atomic E-state index is 13.1. The summed E-state index contributed by atoms with van der Waals surface area (Å²) in [6, 6.07) is 12.4. The molecule has 1 aliphatic rings. The Bertz CT molecular complexity index is 849. The van der Waals surface area contributed by atoms with Crippen molar-refractivity contribution in [3.05, 3.63) is 65.5 Å². The first kappa shape index (κ1) is 17.8. The van der Waals surface area contributed by atoms with Crippen LogP contribution >= 0.6 is 0 Å². The minimum absolute atomic E-state index is 0.0381. The van der Waals surface area contributed by atoms with Gasteiger partial charge in [-0.25, -0.2) is 4.39 Å². The van der Waals surface area contributed by atoms with Crippen molar-refractivity contribution in [2.45, 2.75) is 19.3 Å². The summed E-state index contributed by atoms with van der Waals surface area (Å²) in [6.07, 6.45) is 1.21. The van der Waals surface area contributed by atoms with Gasteiger partial charge in [0.2, 0.25) is 5.91 Å². The molecule has 0 spiro atoms. The molecule has 134 valence electrons. The van der Waals surface area contributed by atoms with Crippen LogP contribution in [0.15, 0.2) is 48.5 Å². The van der Waals surface area contributed by atoms with Gasteiger partial charge in [0, 0.05) is 24.2 Å². The lowest BCUT2D eigenvalue weighted by Crippen LogP contribution is -2.24. The van der Waals surface area contributed by atoms with E-state index in [2.05, 4.69) is 0 Å². The van der Waals surface area contributed by atoms with Crippen molar-refractivity contribution in [1.29, 1.82) is 0 Å². The summed E-state index contributed by atoms with van der Waals surface area (Å²) < 4.78 is 18.1. The van der Waals surface area contributed by atoms with E-state index in [1.807, 2.05) is 0 Å². The number of ketones is 1. The standard InChI is InChI=1S/C20H18FNO4/c21-16-6-1-4-14(10-16)11-20(25)26-13-18(23)15-5-2-7-17(12-15)22-9-3-8-19(22)24/h1-2,4-7,10,12H,3,8-9,11,13H2. The van der Waals surface area contributed by atoms with E-state index in [1.54, 1.807) is 35.2 Å². The van der Waals surface area contributed by atoms with Crippen molar-refractivity contribution >= 4 is 23.3 Å². The number of esters is 1. The van der Waals surface area contributed by atoms with Crippen molar-refractivity contribution in [3.8, 4) is 0 Å². The molecule has 1 saturated heterocycles. The number of anilines is 1. The Labute approximate surface area is 150 Å². The number of rotatable bonds is 6. The second kappa shape index (κ2) is 7.91. The summed E-state index contributed by atoms with van der Waals surface area (Å²) in [4.78, 5) is 37.6. The van der Waals surface area contributed by atoms with E-state index >= 15 is 0 Å². The van der Waals surface area contributed by atoms with Gasteiger partial charge in [0.25, 0.3) is 0 Å². The maximum atomic E-state index is 13.1. The largest absolute Gasteiger partial charge is 0.457 e. The molecule has 0 unspecified atom stereocenters. The van der Waals surface area contributed by atoms with Gasteiger partial charge in [-0.2, -0.15) is 0 Å². The molecule has 0 aromatic heterocycles. The predicted octanol–water partition coefficient (Wildman–Crippen LogP) is 2.92. The molecule has 1 amide bonds. The molecule has 6 heteroatoms. The molecular formula is C20H18FNO4. The molecule has 5 nitrogen and oxygen atoms in total. The Morgan fingerprint density at radius 1 is 1.12 bits per heavy atom.